The predicted octanol–water partition coefficient (Wildman–Crippen LogP) is 2.67. The number of rotatable bonds is 4. The van der Waals surface area contributed by atoms with Crippen LogP contribution in [0, 0.1) is 17.1 Å². The molecule has 0 unspecified atom stereocenters. The second-order valence-corrected chi connectivity index (χ2v) is 4.12. The number of nitrogens with zero attached hydrogens (tertiary/aromatic N) is 1. The van der Waals surface area contributed by atoms with Crippen LogP contribution >= 0.6 is 0 Å². The van der Waals surface area contributed by atoms with Gasteiger partial charge in [-0.05, 0) is 36.4 Å². The number of carbonyl (C=O) groups excluding carboxylic acids is 2. The van der Waals surface area contributed by atoms with Crippen molar-refractivity contribution in [1.82, 2.24) is 0 Å². The van der Waals surface area contributed by atoms with E-state index in [9.17, 15) is 14.0 Å². The van der Waals surface area contributed by atoms with Gasteiger partial charge >= 0.3 is 0 Å². The van der Waals surface area contributed by atoms with Crippen LogP contribution in [-0.2, 0) is 4.79 Å². The highest BCUT2D eigenvalue weighted by Gasteiger charge is 2.13. The Hall–Kier alpha value is -3.40. The largest absolute Gasteiger partial charge is 0.440 e. The van der Waals surface area contributed by atoms with E-state index in [1.807, 2.05) is 0 Å². The summed E-state index contributed by atoms with van der Waals surface area (Å²) in [6.45, 7) is 3.26. The Morgan fingerprint density at radius 1 is 1.27 bits per heavy atom. The molecule has 1 aromatic carbocycles. The number of nitriles is 1. The average molecular weight is 299 g/mol. The van der Waals surface area contributed by atoms with Crippen molar-refractivity contribution in [2.45, 2.75) is 0 Å². The van der Waals surface area contributed by atoms with Gasteiger partial charge in [-0.15, -0.1) is 0 Å². The fraction of sp³-hybridized carbons (Fsp3) is 0. The Bertz CT molecular complexity index is 790. The Kier molecular flexibility index (Phi) is 4.34. The first-order valence-corrected chi connectivity index (χ1v) is 6.07. The summed E-state index contributed by atoms with van der Waals surface area (Å²) in [5.74, 6) is -1.89. The minimum absolute atomic E-state index is 0.00296. The van der Waals surface area contributed by atoms with Crippen LogP contribution in [0.1, 0.15) is 16.3 Å². The first-order chi connectivity index (χ1) is 10.5. The van der Waals surface area contributed by atoms with E-state index in [1.54, 1.807) is 6.07 Å². The number of furan rings is 1. The number of anilines is 2. The number of carbonyl (C=O) groups is 2. The molecular formula is C15H10FN3O3. The first-order valence-electron chi connectivity index (χ1n) is 6.07. The highest BCUT2D eigenvalue weighted by Crippen LogP contribution is 2.20. The summed E-state index contributed by atoms with van der Waals surface area (Å²) in [5, 5.41) is 13.4. The lowest BCUT2D eigenvalue weighted by Gasteiger charge is -2.08. The molecule has 0 aliphatic rings. The second-order valence-electron chi connectivity index (χ2n) is 4.12. The van der Waals surface area contributed by atoms with E-state index in [0.29, 0.717) is 0 Å². The van der Waals surface area contributed by atoms with E-state index < -0.39 is 17.6 Å². The maximum absolute atomic E-state index is 13.6. The molecule has 2 amide bonds. The zero-order chi connectivity index (χ0) is 16.1. The third-order valence-corrected chi connectivity index (χ3v) is 2.61. The molecule has 2 N–H and O–H groups in total. The van der Waals surface area contributed by atoms with Crippen molar-refractivity contribution < 1.29 is 18.4 Å². The van der Waals surface area contributed by atoms with Gasteiger partial charge in [0.2, 0.25) is 11.7 Å². The minimum Gasteiger partial charge on any atom is -0.440 e. The van der Waals surface area contributed by atoms with E-state index >= 15 is 0 Å². The molecule has 6 nitrogen and oxygen atoms in total. The zero-order valence-electron chi connectivity index (χ0n) is 11.2. The van der Waals surface area contributed by atoms with Gasteiger partial charge in [-0.1, -0.05) is 6.58 Å². The predicted molar refractivity (Wildman–Crippen MR) is 76.6 cm³/mol. The lowest BCUT2D eigenvalue weighted by molar-refractivity contribution is -0.111. The maximum Gasteiger partial charge on any atom is 0.291 e. The van der Waals surface area contributed by atoms with E-state index in [1.165, 1.54) is 24.3 Å². The molecule has 0 saturated heterocycles. The quantitative estimate of drug-likeness (QED) is 0.848. The summed E-state index contributed by atoms with van der Waals surface area (Å²) < 4.78 is 18.5. The Balaban J connectivity index is 2.17. The van der Waals surface area contributed by atoms with Gasteiger partial charge in [0.1, 0.15) is 11.9 Å². The Labute approximate surface area is 124 Å². The third kappa shape index (κ3) is 3.37. The molecule has 0 atom stereocenters. The lowest BCUT2D eigenvalue weighted by Crippen LogP contribution is -2.13. The SMILES string of the molecule is C=CC(=O)Nc1cc(NC(=O)c2ccc(C#N)o2)ccc1F. The molecule has 0 saturated carbocycles. The standard InChI is InChI=1S/C15H10FN3O3/c1-2-14(20)19-12-7-9(3-5-11(12)16)18-15(21)13-6-4-10(8-17)22-13/h2-7H,1H2,(H,18,21)(H,19,20). The smallest absolute Gasteiger partial charge is 0.291 e. The highest BCUT2D eigenvalue weighted by molar-refractivity contribution is 6.03. The molecule has 110 valence electrons. The van der Waals surface area contributed by atoms with Gasteiger partial charge in [0, 0.05) is 5.69 Å². The van der Waals surface area contributed by atoms with Gasteiger partial charge in [-0.2, -0.15) is 5.26 Å². The van der Waals surface area contributed by atoms with Crippen molar-refractivity contribution in [3.63, 3.8) is 0 Å². The molecule has 0 aliphatic carbocycles. The molecule has 1 aromatic heterocycles. The van der Waals surface area contributed by atoms with Gasteiger partial charge in [0.05, 0.1) is 5.69 Å². The molecule has 7 heteroatoms. The number of amides is 2. The molecule has 0 fully saturated rings. The van der Waals surface area contributed by atoms with Crippen molar-refractivity contribution in [1.29, 1.82) is 5.26 Å². The monoisotopic (exact) mass is 299 g/mol. The van der Waals surface area contributed by atoms with Gasteiger partial charge in [-0.25, -0.2) is 4.39 Å². The molecule has 22 heavy (non-hydrogen) atoms. The van der Waals surface area contributed by atoms with Gasteiger partial charge in [-0.3, -0.25) is 9.59 Å². The number of hydrogen-bond acceptors (Lipinski definition) is 4. The van der Waals surface area contributed by atoms with Crippen molar-refractivity contribution in [2.24, 2.45) is 0 Å². The minimum atomic E-state index is -0.655. The molecule has 0 radical (unpaired) electrons. The van der Waals surface area contributed by atoms with Crippen molar-refractivity contribution >= 4 is 23.2 Å². The fourth-order valence-corrected chi connectivity index (χ4v) is 1.60. The summed E-state index contributed by atoms with van der Waals surface area (Å²) in [6.07, 6.45) is 0.997. The zero-order valence-corrected chi connectivity index (χ0v) is 11.2. The fourth-order valence-electron chi connectivity index (χ4n) is 1.60. The molecule has 0 spiro atoms. The number of halogens is 1. The van der Waals surface area contributed by atoms with E-state index in [0.717, 1.165) is 12.1 Å². The van der Waals surface area contributed by atoms with Crippen LogP contribution in [0.4, 0.5) is 15.8 Å². The highest BCUT2D eigenvalue weighted by atomic mass is 19.1. The molecule has 2 rings (SSSR count). The number of benzene rings is 1. The van der Waals surface area contributed by atoms with Crippen molar-refractivity contribution in [2.75, 3.05) is 10.6 Å². The van der Waals surface area contributed by atoms with Crippen molar-refractivity contribution in [3.05, 3.63) is 60.3 Å². The van der Waals surface area contributed by atoms with Crippen LogP contribution in [0.3, 0.4) is 0 Å². The molecule has 0 aliphatic heterocycles. The lowest BCUT2D eigenvalue weighted by atomic mass is 10.2. The Morgan fingerprint density at radius 2 is 2.05 bits per heavy atom. The Morgan fingerprint density at radius 3 is 2.68 bits per heavy atom. The first kappa shape index (κ1) is 15.0. The van der Waals surface area contributed by atoms with Crippen LogP contribution in [0.2, 0.25) is 0 Å². The van der Waals surface area contributed by atoms with Crippen LogP contribution in [-0.4, -0.2) is 11.8 Å². The van der Waals surface area contributed by atoms with Gasteiger partial charge in [0.15, 0.2) is 5.76 Å². The number of nitrogens with one attached hydrogen (secondary N) is 2. The second kappa shape index (κ2) is 6.37. The van der Waals surface area contributed by atoms with Crippen LogP contribution < -0.4 is 10.6 Å². The topological polar surface area (TPSA) is 95.1 Å². The molecule has 2 aromatic rings. The third-order valence-electron chi connectivity index (χ3n) is 2.61. The van der Waals surface area contributed by atoms with Crippen LogP contribution in [0.15, 0.2) is 47.4 Å². The summed E-state index contributed by atoms with van der Waals surface area (Å²) in [4.78, 5) is 23.1. The summed E-state index contributed by atoms with van der Waals surface area (Å²) in [6, 6.07) is 8.13. The molecular weight excluding hydrogens is 289 g/mol. The van der Waals surface area contributed by atoms with Crippen molar-refractivity contribution in [3.8, 4) is 6.07 Å². The van der Waals surface area contributed by atoms with Gasteiger partial charge < -0.3 is 15.1 Å². The van der Waals surface area contributed by atoms with E-state index in [4.69, 9.17) is 9.68 Å². The van der Waals surface area contributed by atoms with Gasteiger partial charge in [0.25, 0.3) is 5.91 Å². The summed E-state index contributed by atoms with van der Waals surface area (Å²) >= 11 is 0. The van der Waals surface area contributed by atoms with E-state index in [2.05, 4.69) is 17.2 Å². The van der Waals surface area contributed by atoms with E-state index in [-0.39, 0.29) is 22.9 Å². The summed E-state index contributed by atoms with van der Waals surface area (Å²) in [7, 11) is 0. The van der Waals surface area contributed by atoms with Crippen LogP contribution in [0.5, 0.6) is 0 Å². The maximum atomic E-state index is 13.6. The average Bonchev–Trinajstić information content (AvgIpc) is 2.99. The normalized spacial score (nSPS) is 9.64. The molecule has 0 bridgehead atoms. The number of hydrogen-bond donors (Lipinski definition) is 2. The summed E-state index contributed by atoms with van der Waals surface area (Å²) in [5.41, 5.74) is 0.153. The van der Waals surface area contributed by atoms with Crippen LogP contribution in [0.25, 0.3) is 0 Å². The molecule has 1 heterocycles.